The molecule has 1 amide bonds. The van der Waals surface area contributed by atoms with E-state index in [2.05, 4.69) is 15.9 Å². The van der Waals surface area contributed by atoms with Gasteiger partial charge in [0.05, 0.1) is 22.9 Å². The summed E-state index contributed by atoms with van der Waals surface area (Å²) >= 11 is 9.02. The highest BCUT2D eigenvalue weighted by Crippen LogP contribution is 2.39. The first-order chi connectivity index (χ1) is 8.40. The minimum absolute atomic E-state index is 0.0271. The molecule has 0 N–H and O–H groups in total. The molecule has 1 aliphatic heterocycles. The van der Waals surface area contributed by atoms with Crippen LogP contribution in [0, 0.1) is 10.1 Å². The molecule has 1 aromatic carbocycles. The highest BCUT2D eigenvalue weighted by molar-refractivity contribution is 9.10. The molecule has 1 saturated heterocycles. The van der Waals surface area contributed by atoms with E-state index < -0.39 is 10.8 Å². The summed E-state index contributed by atoms with van der Waals surface area (Å²) in [6.45, 7) is -0.180. The van der Waals surface area contributed by atoms with E-state index in [1.807, 2.05) is 0 Å². The van der Waals surface area contributed by atoms with Gasteiger partial charge >= 0.3 is 0 Å². The number of anilines is 1. The summed E-state index contributed by atoms with van der Waals surface area (Å²) in [4.78, 5) is 34.2. The fraction of sp³-hybridized carbons (Fsp3) is 0.200. The summed E-state index contributed by atoms with van der Waals surface area (Å²) < 4.78 is 0.431. The Kier molecular flexibility index (Phi) is 3.36. The van der Waals surface area contributed by atoms with Gasteiger partial charge in [0.25, 0.3) is 5.69 Å². The van der Waals surface area contributed by atoms with E-state index in [9.17, 15) is 19.7 Å². The third kappa shape index (κ3) is 2.23. The second-order valence-corrected chi connectivity index (χ2v) is 5.03. The van der Waals surface area contributed by atoms with Crippen LogP contribution in [-0.4, -0.2) is 23.2 Å². The molecule has 6 nitrogen and oxygen atoms in total. The minimum Gasteiger partial charge on any atom is -0.297 e. The lowest BCUT2D eigenvalue weighted by Gasteiger charge is -2.16. The molecule has 0 radical (unpaired) electrons. The number of ketones is 1. The van der Waals surface area contributed by atoms with Crippen LogP contribution in [0.3, 0.4) is 0 Å². The SMILES string of the molecule is O=C1CC(=O)N(c2c(Cl)cc(Br)cc2[N+](=O)[O-])C1. The van der Waals surface area contributed by atoms with Crippen LogP contribution in [0.2, 0.25) is 5.02 Å². The van der Waals surface area contributed by atoms with Gasteiger partial charge in [-0.1, -0.05) is 27.5 Å². The van der Waals surface area contributed by atoms with E-state index in [4.69, 9.17) is 11.6 Å². The number of nitro benzene ring substituents is 1. The number of carbonyl (C=O) groups is 2. The van der Waals surface area contributed by atoms with Crippen molar-refractivity contribution in [3.8, 4) is 0 Å². The molecule has 0 aromatic heterocycles. The van der Waals surface area contributed by atoms with Gasteiger partial charge in [0.15, 0.2) is 5.78 Å². The number of halogens is 2. The number of amides is 1. The van der Waals surface area contributed by atoms with Gasteiger partial charge in [0, 0.05) is 10.5 Å². The number of benzene rings is 1. The maximum atomic E-state index is 11.6. The molecular formula is C10H6BrClN2O4. The zero-order valence-corrected chi connectivity index (χ0v) is 11.2. The molecule has 94 valence electrons. The molecule has 8 heteroatoms. The minimum atomic E-state index is -0.637. The van der Waals surface area contributed by atoms with Crippen molar-refractivity contribution in [1.29, 1.82) is 0 Å². The highest BCUT2D eigenvalue weighted by atomic mass is 79.9. The zero-order chi connectivity index (χ0) is 13.4. The van der Waals surface area contributed by atoms with Gasteiger partial charge in [-0.3, -0.25) is 24.6 Å². The Bertz CT molecular complexity index is 575. The Labute approximate surface area is 115 Å². The first-order valence-corrected chi connectivity index (χ1v) is 6.02. The van der Waals surface area contributed by atoms with E-state index in [0.29, 0.717) is 4.47 Å². The zero-order valence-electron chi connectivity index (χ0n) is 8.85. The summed E-state index contributed by atoms with van der Waals surface area (Å²) in [6.07, 6.45) is -0.246. The average Bonchev–Trinajstić information content (AvgIpc) is 2.56. The molecule has 0 saturated carbocycles. The molecule has 0 aliphatic carbocycles. The average molecular weight is 334 g/mol. The number of hydrogen-bond acceptors (Lipinski definition) is 4. The summed E-state index contributed by atoms with van der Waals surface area (Å²) in [5.74, 6) is -0.763. The van der Waals surface area contributed by atoms with Crippen molar-refractivity contribution in [3.63, 3.8) is 0 Å². The Morgan fingerprint density at radius 2 is 2.06 bits per heavy atom. The lowest BCUT2D eigenvalue weighted by atomic mass is 10.2. The van der Waals surface area contributed by atoms with E-state index in [-0.39, 0.29) is 35.1 Å². The van der Waals surface area contributed by atoms with Gasteiger partial charge in [-0.2, -0.15) is 0 Å². The van der Waals surface area contributed by atoms with Crippen molar-refractivity contribution in [3.05, 3.63) is 31.7 Å². The molecule has 1 aromatic rings. The summed E-state index contributed by atoms with van der Waals surface area (Å²) in [6, 6.07) is 2.69. The van der Waals surface area contributed by atoms with E-state index in [1.54, 1.807) is 0 Å². The second kappa shape index (κ2) is 4.66. The van der Waals surface area contributed by atoms with E-state index in [0.717, 1.165) is 4.90 Å². The standard InChI is InChI=1S/C10H6BrClN2O4/c11-5-1-7(12)10(8(2-5)14(17)18)13-4-6(15)3-9(13)16/h1-2H,3-4H2. The van der Waals surface area contributed by atoms with Crippen molar-refractivity contribution in [2.75, 3.05) is 11.4 Å². The van der Waals surface area contributed by atoms with Crippen LogP contribution in [-0.2, 0) is 9.59 Å². The van der Waals surface area contributed by atoms with Crippen molar-refractivity contribution in [2.45, 2.75) is 6.42 Å². The predicted molar refractivity (Wildman–Crippen MR) is 67.8 cm³/mol. The van der Waals surface area contributed by atoms with Crippen LogP contribution in [0.15, 0.2) is 16.6 Å². The van der Waals surface area contributed by atoms with Gasteiger partial charge < -0.3 is 0 Å². The Morgan fingerprint density at radius 1 is 1.39 bits per heavy atom. The van der Waals surface area contributed by atoms with Crippen molar-refractivity contribution in [2.24, 2.45) is 0 Å². The number of nitro groups is 1. The van der Waals surface area contributed by atoms with Gasteiger partial charge in [-0.25, -0.2) is 0 Å². The largest absolute Gasteiger partial charge is 0.297 e. The lowest BCUT2D eigenvalue weighted by molar-refractivity contribution is -0.384. The maximum Gasteiger partial charge on any atom is 0.295 e. The topological polar surface area (TPSA) is 80.5 Å². The molecule has 0 unspecified atom stereocenters. The predicted octanol–water partition coefficient (Wildman–Crippen LogP) is 2.32. The molecule has 18 heavy (non-hydrogen) atoms. The Hall–Kier alpha value is -1.47. The molecule has 0 atom stereocenters. The Balaban J connectivity index is 2.59. The number of carbonyl (C=O) groups excluding carboxylic acids is 2. The molecule has 0 bridgehead atoms. The molecule has 1 heterocycles. The monoisotopic (exact) mass is 332 g/mol. The van der Waals surface area contributed by atoms with Crippen molar-refractivity contribution >= 4 is 50.6 Å². The van der Waals surface area contributed by atoms with E-state index in [1.165, 1.54) is 12.1 Å². The van der Waals surface area contributed by atoms with Crippen molar-refractivity contribution in [1.82, 2.24) is 0 Å². The lowest BCUT2D eigenvalue weighted by Crippen LogP contribution is -2.25. The van der Waals surface area contributed by atoms with Gasteiger partial charge in [-0.15, -0.1) is 0 Å². The Morgan fingerprint density at radius 3 is 2.56 bits per heavy atom. The molecule has 1 fully saturated rings. The fourth-order valence-corrected chi connectivity index (χ4v) is 2.64. The first-order valence-electron chi connectivity index (χ1n) is 4.85. The number of nitrogens with zero attached hydrogens (tertiary/aromatic N) is 2. The van der Waals surface area contributed by atoms with Crippen LogP contribution >= 0.6 is 27.5 Å². The second-order valence-electron chi connectivity index (χ2n) is 3.71. The third-order valence-electron chi connectivity index (χ3n) is 2.46. The number of Topliss-reactive ketones (excluding diaryl/α,β-unsaturated/α-hetero) is 1. The number of rotatable bonds is 2. The summed E-state index contributed by atoms with van der Waals surface area (Å²) in [7, 11) is 0. The van der Waals surface area contributed by atoms with Crippen LogP contribution < -0.4 is 4.90 Å². The smallest absolute Gasteiger partial charge is 0.295 e. The van der Waals surface area contributed by atoms with Crippen LogP contribution in [0.1, 0.15) is 6.42 Å². The van der Waals surface area contributed by atoms with E-state index >= 15 is 0 Å². The number of hydrogen-bond donors (Lipinski definition) is 0. The van der Waals surface area contributed by atoms with Crippen LogP contribution in [0.5, 0.6) is 0 Å². The van der Waals surface area contributed by atoms with Crippen LogP contribution in [0.4, 0.5) is 11.4 Å². The third-order valence-corrected chi connectivity index (χ3v) is 3.20. The molecule has 0 spiro atoms. The molecular weight excluding hydrogens is 327 g/mol. The maximum absolute atomic E-state index is 11.6. The van der Waals surface area contributed by atoms with Gasteiger partial charge in [-0.05, 0) is 6.07 Å². The highest BCUT2D eigenvalue weighted by Gasteiger charge is 2.34. The fourth-order valence-electron chi connectivity index (χ4n) is 1.75. The van der Waals surface area contributed by atoms with Gasteiger partial charge in [0.1, 0.15) is 5.69 Å². The molecule has 1 aliphatic rings. The summed E-state index contributed by atoms with van der Waals surface area (Å²) in [5, 5.41) is 11.0. The normalized spacial score (nSPS) is 15.3. The first kappa shape index (κ1) is 13.0. The summed E-state index contributed by atoms with van der Waals surface area (Å²) in [5.41, 5.74) is -0.335. The quantitative estimate of drug-likeness (QED) is 0.472. The van der Waals surface area contributed by atoms with Gasteiger partial charge in [0.2, 0.25) is 5.91 Å². The van der Waals surface area contributed by atoms with Crippen LogP contribution in [0.25, 0.3) is 0 Å². The molecule has 2 rings (SSSR count). The van der Waals surface area contributed by atoms with Crippen molar-refractivity contribution < 1.29 is 14.5 Å².